The van der Waals surface area contributed by atoms with Crippen molar-refractivity contribution in [3.05, 3.63) is 28.5 Å². The van der Waals surface area contributed by atoms with Gasteiger partial charge in [0.1, 0.15) is 0 Å². The van der Waals surface area contributed by atoms with Crippen molar-refractivity contribution in [2.45, 2.75) is 6.18 Å². The Balaban J connectivity index is 3.29. The predicted molar refractivity (Wildman–Crippen MR) is 43.0 cm³/mol. The summed E-state index contributed by atoms with van der Waals surface area (Å²) in [4.78, 5) is 0. The van der Waals surface area contributed by atoms with Gasteiger partial charge in [0.25, 0.3) is 0 Å². The molecule has 0 fully saturated rings. The molecule has 0 amide bonds. The fourth-order valence-corrected chi connectivity index (χ4v) is 1.16. The molecule has 1 rings (SSSR count). The van der Waals surface area contributed by atoms with Gasteiger partial charge >= 0.3 is 6.18 Å². The summed E-state index contributed by atoms with van der Waals surface area (Å²) < 4.78 is 53.9. The molecular formula is C8H5ClF4O. The third kappa shape index (κ3) is 2.09. The largest absolute Gasteiger partial charge is 0.494 e. The van der Waals surface area contributed by atoms with Crippen molar-refractivity contribution in [2.75, 3.05) is 7.11 Å². The van der Waals surface area contributed by atoms with Crippen molar-refractivity contribution in [3.63, 3.8) is 0 Å². The first-order valence-corrected chi connectivity index (χ1v) is 3.84. The first kappa shape index (κ1) is 11.1. The van der Waals surface area contributed by atoms with E-state index >= 15 is 0 Å². The van der Waals surface area contributed by atoms with Crippen molar-refractivity contribution in [1.82, 2.24) is 0 Å². The molecule has 0 radical (unpaired) electrons. The van der Waals surface area contributed by atoms with Crippen LogP contribution in [0.2, 0.25) is 5.02 Å². The number of ether oxygens (including phenoxy) is 1. The van der Waals surface area contributed by atoms with E-state index in [4.69, 9.17) is 11.6 Å². The van der Waals surface area contributed by atoms with E-state index < -0.39 is 22.6 Å². The van der Waals surface area contributed by atoms with E-state index in [0.717, 1.165) is 13.2 Å². The average Bonchev–Trinajstić information content (AvgIpc) is 2.06. The molecule has 1 aromatic rings. The first-order chi connectivity index (χ1) is 6.36. The monoisotopic (exact) mass is 228 g/mol. The molecule has 0 bridgehead atoms. The van der Waals surface area contributed by atoms with Crippen LogP contribution >= 0.6 is 11.6 Å². The van der Waals surface area contributed by atoms with E-state index in [1.54, 1.807) is 0 Å². The second-order valence-electron chi connectivity index (χ2n) is 2.46. The van der Waals surface area contributed by atoms with Crippen LogP contribution in [0.25, 0.3) is 0 Å². The summed E-state index contributed by atoms with van der Waals surface area (Å²) in [6, 6.07) is 1.10. The number of rotatable bonds is 1. The number of methoxy groups -OCH3 is 1. The van der Waals surface area contributed by atoms with Gasteiger partial charge in [0, 0.05) is 6.07 Å². The molecule has 0 atom stereocenters. The van der Waals surface area contributed by atoms with Crippen molar-refractivity contribution >= 4 is 11.6 Å². The molecule has 6 heteroatoms. The number of halogens is 5. The van der Waals surface area contributed by atoms with Crippen molar-refractivity contribution in [2.24, 2.45) is 0 Å². The maximum Gasteiger partial charge on any atom is 0.417 e. The normalized spacial score (nSPS) is 11.6. The quantitative estimate of drug-likeness (QED) is 0.669. The molecular weight excluding hydrogens is 224 g/mol. The van der Waals surface area contributed by atoms with Gasteiger partial charge in [-0.2, -0.15) is 13.2 Å². The Morgan fingerprint density at radius 2 is 1.86 bits per heavy atom. The molecule has 0 heterocycles. The Hall–Kier alpha value is -0.970. The highest BCUT2D eigenvalue weighted by molar-refractivity contribution is 6.31. The summed E-state index contributed by atoms with van der Waals surface area (Å²) in [6.07, 6.45) is -4.66. The number of hydrogen-bond donors (Lipinski definition) is 0. The zero-order chi connectivity index (χ0) is 10.9. The fraction of sp³-hybridized carbons (Fsp3) is 0.250. The van der Waals surface area contributed by atoms with E-state index in [1.165, 1.54) is 0 Å². The second-order valence-corrected chi connectivity index (χ2v) is 2.87. The van der Waals surface area contributed by atoms with Crippen molar-refractivity contribution in [3.8, 4) is 5.75 Å². The summed E-state index contributed by atoms with van der Waals surface area (Å²) in [6.45, 7) is 0. The van der Waals surface area contributed by atoms with Gasteiger partial charge in [-0.15, -0.1) is 0 Å². The van der Waals surface area contributed by atoms with E-state index in [-0.39, 0.29) is 5.75 Å². The van der Waals surface area contributed by atoms with Crippen LogP contribution in [-0.4, -0.2) is 7.11 Å². The van der Waals surface area contributed by atoms with E-state index in [2.05, 4.69) is 4.74 Å². The molecule has 0 aliphatic rings. The molecule has 0 aromatic heterocycles. The number of alkyl halides is 3. The number of hydrogen-bond acceptors (Lipinski definition) is 1. The first-order valence-electron chi connectivity index (χ1n) is 3.46. The minimum Gasteiger partial charge on any atom is -0.494 e. The van der Waals surface area contributed by atoms with Crippen LogP contribution < -0.4 is 4.74 Å². The smallest absolute Gasteiger partial charge is 0.417 e. The fourth-order valence-electron chi connectivity index (χ4n) is 0.902. The Morgan fingerprint density at radius 1 is 1.29 bits per heavy atom. The molecule has 0 N–H and O–H groups in total. The number of benzene rings is 1. The highest BCUT2D eigenvalue weighted by atomic mass is 35.5. The van der Waals surface area contributed by atoms with E-state index in [0.29, 0.717) is 6.07 Å². The Bertz CT molecular complexity index is 348. The summed E-state index contributed by atoms with van der Waals surface area (Å²) in [5.74, 6) is -1.41. The maximum atomic E-state index is 12.9. The topological polar surface area (TPSA) is 9.23 Å². The predicted octanol–water partition coefficient (Wildman–Crippen LogP) is 3.51. The zero-order valence-corrected chi connectivity index (χ0v) is 7.71. The lowest BCUT2D eigenvalue weighted by Gasteiger charge is -2.10. The maximum absolute atomic E-state index is 12.9. The highest BCUT2D eigenvalue weighted by Gasteiger charge is 2.34. The molecule has 0 saturated carbocycles. The van der Waals surface area contributed by atoms with Crippen LogP contribution in [0.1, 0.15) is 5.56 Å². The molecule has 0 saturated heterocycles. The molecule has 0 unspecified atom stereocenters. The van der Waals surface area contributed by atoms with Crippen LogP contribution in [0.15, 0.2) is 12.1 Å². The second kappa shape index (κ2) is 3.65. The average molecular weight is 229 g/mol. The van der Waals surface area contributed by atoms with Gasteiger partial charge in [-0.1, -0.05) is 11.6 Å². The van der Waals surface area contributed by atoms with Gasteiger partial charge < -0.3 is 4.74 Å². The van der Waals surface area contributed by atoms with Gasteiger partial charge in [0.2, 0.25) is 0 Å². The molecule has 0 spiro atoms. The summed E-state index contributed by atoms with van der Waals surface area (Å²) in [7, 11) is 1.14. The molecule has 0 aliphatic heterocycles. The van der Waals surface area contributed by atoms with Gasteiger partial charge in [-0.3, -0.25) is 0 Å². The Morgan fingerprint density at radius 3 is 2.29 bits per heavy atom. The minimum atomic E-state index is -4.66. The van der Waals surface area contributed by atoms with Crippen molar-refractivity contribution < 1.29 is 22.3 Å². The lowest BCUT2D eigenvalue weighted by atomic mass is 10.2. The zero-order valence-electron chi connectivity index (χ0n) is 6.95. The van der Waals surface area contributed by atoms with Crippen LogP contribution in [-0.2, 0) is 6.18 Å². The summed E-state index contributed by atoms with van der Waals surface area (Å²) in [5, 5.41) is -0.587. The van der Waals surface area contributed by atoms with Crippen molar-refractivity contribution in [1.29, 1.82) is 0 Å². The van der Waals surface area contributed by atoms with Crippen LogP contribution in [0.5, 0.6) is 5.75 Å². The standard InChI is InChI=1S/C8H5ClF4O/c1-14-7-3-5(9)4(2-6(7)10)8(11,12)13/h2-3H,1H3. The lowest BCUT2D eigenvalue weighted by Crippen LogP contribution is -2.07. The van der Waals surface area contributed by atoms with E-state index in [9.17, 15) is 17.6 Å². The molecule has 1 aromatic carbocycles. The van der Waals surface area contributed by atoms with E-state index in [1.807, 2.05) is 0 Å². The van der Waals surface area contributed by atoms with Gasteiger partial charge in [-0.05, 0) is 6.07 Å². The Labute approximate surface area is 82.2 Å². The minimum absolute atomic E-state index is 0.307. The van der Waals surface area contributed by atoms with Crippen LogP contribution in [0.4, 0.5) is 17.6 Å². The SMILES string of the molecule is COc1cc(Cl)c(C(F)(F)F)cc1F. The lowest BCUT2D eigenvalue weighted by molar-refractivity contribution is -0.137. The third-order valence-corrected chi connectivity index (χ3v) is 1.86. The van der Waals surface area contributed by atoms with Crippen LogP contribution in [0, 0.1) is 5.82 Å². The third-order valence-electron chi connectivity index (χ3n) is 1.55. The van der Waals surface area contributed by atoms with Gasteiger partial charge in [0.05, 0.1) is 17.7 Å². The molecule has 14 heavy (non-hydrogen) atoms. The molecule has 0 aliphatic carbocycles. The van der Waals surface area contributed by atoms with Gasteiger partial charge in [-0.25, -0.2) is 4.39 Å². The van der Waals surface area contributed by atoms with Gasteiger partial charge in [0.15, 0.2) is 11.6 Å². The molecule has 1 nitrogen and oxygen atoms in total. The Kier molecular flexibility index (Phi) is 2.89. The molecule has 78 valence electrons. The summed E-state index contributed by atoms with van der Waals surface area (Å²) in [5.41, 5.74) is -1.21. The summed E-state index contributed by atoms with van der Waals surface area (Å²) >= 11 is 5.30. The van der Waals surface area contributed by atoms with Crippen LogP contribution in [0.3, 0.4) is 0 Å². The highest BCUT2D eigenvalue weighted by Crippen LogP contribution is 2.37.